The van der Waals surface area contributed by atoms with Crippen LogP contribution >= 0.6 is 0 Å². The molecule has 1 aliphatic heterocycles. The van der Waals surface area contributed by atoms with E-state index in [-0.39, 0.29) is 17.8 Å². The van der Waals surface area contributed by atoms with Crippen molar-refractivity contribution in [3.63, 3.8) is 0 Å². The van der Waals surface area contributed by atoms with Crippen LogP contribution in [0.5, 0.6) is 5.75 Å². The number of benzene rings is 1. The molecule has 150 valence electrons. The van der Waals surface area contributed by atoms with Crippen molar-refractivity contribution < 1.29 is 19.1 Å². The summed E-state index contributed by atoms with van der Waals surface area (Å²) in [7, 11) is 1.30. The van der Waals surface area contributed by atoms with Crippen molar-refractivity contribution in [2.24, 2.45) is 0 Å². The summed E-state index contributed by atoms with van der Waals surface area (Å²) in [4.78, 5) is 24.5. The van der Waals surface area contributed by atoms with Crippen LogP contribution in [-0.4, -0.2) is 53.2 Å². The highest BCUT2D eigenvalue weighted by atomic mass is 16.5. The second kappa shape index (κ2) is 8.83. The third-order valence-corrected chi connectivity index (χ3v) is 4.44. The summed E-state index contributed by atoms with van der Waals surface area (Å²) in [5.41, 5.74) is 0.891. The van der Waals surface area contributed by atoms with Crippen LogP contribution in [0, 0.1) is 0 Å². The number of hydrogen-bond donors (Lipinski definition) is 2. The average Bonchev–Trinajstić information content (AvgIpc) is 3.19. The molecule has 0 aliphatic carbocycles. The minimum absolute atomic E-state index is 0.0968. The van der Waals surface area contributed by atoms with Crippen molar-refractivity contribution in [1.29, 1.82) is 0 Å². The molecule has 1 aromatic heterocycles. The molecule has 0 radical (unpaired) electrons. The number of rotatable bonds is 6. The number of amides is 1. The van der Waals surface area contributed by atoms with Gasteiger partial charge < -0.3 is 20.1 Å². The Morgan fingerprint density at radius 3 is 2.71 bits per heavy atom. The van der Waals surface area contributed by atoms with Gasteiger partial charge in [-0.05, 0) is 58.0 Å². The van der Waals surface area contributed by atoms with E-state index in [1.807, 2.05) is 13.8 Å². The van der Waals surface area contributed by atoms with Gasteiger partial charge in [-0.25, -0.2) is 9.48 Å². The van der Waals surface area contributed by atoms with Crippen LogP contribution in [0.25, 0.3) is 0 Å². The van der Waals surface area contributed by atoms with E-state index < -0.39 is 11.9 Å². The van der Waals surface area contributed by atoms with Gasteiger partial charge in [0.2, 0.25) is 0 Å². The first-order valence-corrected chi connectivity index (χ1v) is 9.31. The molecule has 2 aromatic rings. The van der Waals surface area contributed by atoms with Gasteiger partial charge in [-0.15, -0.1) is 5.10 Å². The lowest BCUT2D eigenvalue weighted by atomic mass is 10.1. The number of ether oxygens (including phenoxy) is 2. The van der Waals surface area contributed by atoms with Crippen molar-refractivity contribution in [2.45, 2.75) is 38.8 Å². The molecule has 28 heavy (non-hydrogen) atoms. The lowest BCUT2D eigenvalue weighted by Crippen LogP contribution is -2.29. The molecule has 1 aromatic carbocycles. The van der Waals surface area contributed by atoms with E-state index in [4.69, 9.17) is 9.47 Å². The number of carbonyl (C=O) groups excluding carboxylic acids is 2. The van der Waals surface area contributed by atoms with Gasteiger partial charge in [0.1, 0.15) is 5.75 Å². The zero-order valence-corrected chi connectivity index (χ0v) is 16.3. The van der Waals surface area contributed by atoms with Crippen molar-refractivity contribution in [3.8, 4) is 5.75 Å². The van der Waals surface area contributed by atoms with Gasteiger partial charge in [0.25, 0.3) is 5.91 Å². The first kappa shape index (κ1) is 19.8. The Morgan fingerprint density at radius 2 is 2.04 bits per heavy atom. The van der Waals surface area contributed by atoms with Gasteiger partial charge in [0.05, 0.1) is 36.7 Å². The molecule has 2 N–H and O–H groups in total. The van der Waals surface area contributed by atoms with E-state index >= 15 is 0 Å². The summed E-state index contributed by atoms with van der Waals surface area (Å²) in [6.07, 6.45) is 3.44. The van der Waals surface area contributed by atoms with Gasteiger partial charge >= 0.3 is 5.97 Å². The van der Waals surface area contributed by atoms with Crippen molar-refractivity contribution >= 4 is 17.6 Å². The summed E-state index contributed by atoms with van der Waals surface area (Å²) in [6, 6.07) is 4.98. The van der Waals surface area contributed by atoms with Crippen LogP contribution in [0.1, 0.15) is 53.6 Å². The summed E-state index contributed by atoms with van der Waals surface area (Å²) in [6.45, 7) is 5.60. The highest BCUT2D eigenvalue weighted by Gasteiger charge is 2.20. The quantitative estimate of drug-likeness (QED) is 0.730. The molecule has 9 heteroatoms. The molecule has 1 fully saturated rings. The van der Waals surface area contributed by atoms with Crippen LogP contribution in [0.15, 0.2) is 24.4 Å². The number of nitrogens with one attached hydrogen (secondary N) is 2. The monoisotopic (exact) mass is 387 g/mol. The smallest absolute Gasteiger partial charge is 0.337 e. The highest BCUT2D eigenvalue weighted by Crippen LogP contribution is 2.28. The van der Waals surface area contributed by atoms with Gasteiger partial charge in [0, 0.05) is 0 Å². The molecule has 0 bridgehead atoms. The van der Waals surface area contributed by atoms with E-state index in [0.29, 0.717) is 17.0 Å². The maximum atomic E-state index is 12.7. The van der Waals surface area contributed by atoms with E-state index in [2.05, 4.69) is 20.9 Å². The third-order valence-electron chi connectivity index (χ3n) is 4.44. The number of methoxy groups -OCH3 is 1. The Kier molecular flexibility index (Phi) is 6.25. The number of esters is 1. The first-order chi connectivity index (χ1) is 13.5. The second-order valence-corrected chi connectivity index (χ2v) is 6.89. The molecular formula is C19H25N5O4. The largest absolute Gasteiger partial charge is 0.489 e. The molecular weight excluding hydrogens is 362 g/mol. The Balaban J connectivity index is 1.80. The standard InChI is InChI=1S/C19H25N5O4/c1-12(2)28-17-5-4-13(19(26)27-3)10-15(17)21-18(25)16-11-24(23-22-16)14-6-8-20-9-7-14/h4-5,10-12,14,20H,6-9H2,1-3H3,(H,21,25). The number of nitrogens with zero attached hydrogens (tertiary/aromatic N) is 3. The average molecular weight is 387 g/mol. The number of carbonyl (C=O) groups is 2. The molecule has 2 heterocycles. The van der Waals surface area contributed by atoms with E-state index in [1.165, 1.54) is 13.2 Å². The summed E-state index contributed by atoms with van der Waals surface area (Å²) < 4.78 is 12.2. The van der Waals surface area contributed by atoms with Crippen LogP contribution < -0.4 is 15.4 Å². The van der Waals surface area contributed by atoms with Crippen LogP contribution in [0.3, 0.4) is 0 Å². The topological polar surface area (TPSA) is 107 Å². The fourth-order valence-electron chi connectivity index (χ4n) is 3.05. The summed E-state index contributed by atoms with van der Waals surface area (Å²) >= 11 is 0. The predicted octanol–water partition coefficient (Wildman–Crippen LogP) is 2.03. The maximum Gasteiger partial charge on any atom is 0.337 e. The Bertz CT molecular complexity index is 843. The maximum absolute atomic E-state index is 12.7. The number of aromatic nitrogens is 3. The molecule has 3 rings (SSSR count). The number of anilines is 1. The molecule has 0 atom stereocenters. The SMILES string of the molecule is COC(=O)c1ccc(OC(C)C)c(NC(=O)c2cn(C3CCNCC3)nn2)c1. The van der Waals surface area contributed by atoms with Crippen molar-refractivity contribution in [1.82, 2.24) is 20.3 Å². The predicted molar refractivity (Wildman–Crippen MR) is 103 cm³/mol. The fourth-order valence-corrected chi connectivity index (χ4v) is 3.05. The number of piperidine rings is 1. The van der Waals surface area contributed by atoms with Crippen molar-refractivity contribution in [3.05, 3.63) is 35.7 Å². The number of hydrogen-bond acceptors (Lipinski definition) is 7. The van der Waals surface area contributed by atoms with Gasteiger partial charge in [-0.2, -0.15) is 0 Å². The first-order valence-electron chi connectivity index (χ1n) is 9.31. The Labute approximate surface area is 163 Å². The highest BCUT2D eigenvalue weighted by molar-refractivity contribution is 6.04. The molecule has 0 saturated carbocycles. The lowest BCUT2D eigenvalue weighted by Gasteiger charge is -2.22. The Hall–Kier alpha value is -2.94. The van der Waals surface area contributed by atoms with Crippen LogP contribution in [0.4, 0.5) is 5.69 Å². The lowest BCUT2D eigenvalue weighted by molar-refractivity contribution is 0.0600. The van der Waals surface area contributed by atoms with E-state index in [9.17, 15) is 9.59 Å². The fraction of sp³-hybridized carbons (Fsp3) is 0.474. The molecule has 1 aliphatic rings. The van der Waals surface area contributed by atoms with Gasteiger partial charge in [0.15, 0.2) is 5.69 Å². The summed E-state index contributed by atoms with van der Waals surface area (Å²) in [5.74, 6) is -0.457. The van der Waals surface area contributed by atoms with Crippen LogP contribution in [0.2, 0.25) is 0 Å². The molecule has 9 nitrogen and oxygen atoms in total. The van der Waals surface area contributed by atoms with Crippen LogP contribution in [-0.2, 0) is 4.74 Å². The van der Waals surface area contributed by atoms with Gasteiger partial charge in [-0.1, -0.05) is 5.21 Å². The second-order valence-electron chi connectivity index (χ2n) is 6.89. The minimum Gasteiger partial charge on any atom is -0.489 e. The molecule has 1 amide bonds. The van der Waals surface area contributed by atoms with E-state index in [1.54, 1.807) is 23.0 Å². The summed E-state index contributed by atoms with van der Waals surface area (Å²) in [5, 5.41) is 14.2. The molecule has 1 saturated heterocycles. The van der Waals surface area contributed by atoms with Crippen molar-refractivity contribution in [2.75, 3.05) is 25.5 Å². The molecule has 0 unspecified atom stereocenters. The normalized spacial score (nSPS) is 14.7. The third kappa shape index (κ3) is 4.66. The zero-order valence-electron chi connectivity index (χ0n) is 16.3. The Morgan fingerprint density at radius 1 is 1.29 bits per heavy atom. The van der Waals surface area contributed by atoms with E-state index in [0.717, 1.165) is 25.9 Å². The minimum atomic E-state index is -0.497. The zero-order chi connectivity index (χ0) is 20.1. The molecule has 0 spiro atoms. The van der Waals surface area contributed by atoms with Gasteiger partial charge in [-0.3, -0.25) is 4.79 Å².